The van der Waals surface area contributed by atoms with Gasteiger partial charge in [0.25, 0.3) is 0 Å². The standard InChI is InChI=1S/C11H14N4/c12-9-3-1-2-8-4-7-15(10(8)9)11-13-5-6-14-11/h1-3H,4-7,12H2,(H,13,14). The normalized spacial score (nSPS) is 18.7. The van der Waals surface area contributed by atoms with Gasteiger partial charge in [0, 0.05) is 13.1 Å². The van der Waals surface area contributed by atoms with Crippen LogP contribution in [0.1, 0.15) is 5.56 Å². The minimum Gasteiger partial charge on any atom is -0.397 e. The average molecular weight is 202 g/mol. The number of nitrogens with one attached hydrogen (secondary N) is 1. The fraction of sp³-hybridized carbons (Fsp3) is 0.364. The third kappa shape index (κ3) is 1.25. The van der Waals surface area contributed by atoms with Gasteiger partial charge in [0.1, 0.15) is 0 Å². The van der Waals surface area contributed by atoms with Crippen LogP contribution in [0.2, 0.25) is 0 Å². The lowest BCUT2D eigenvalue weighted by atomic mass is 10.1. The van der Waals surface area contributed by atoms with Crippen LogP contribution in [0.3, 0.4) is 0 Å². The van der Waals surface area contributed by atoms with E-state index in [0.717, 1.165) is 43.4 Å². The van der Waals surface area contributed by atoms with Gasteiger partial charge in [-0.15, -0.1) is 0 Å². The van der Waals surface area contributed by atoms with Crippen LogP contribution in [0.25, 0.3) is 0 Å². The van der Waals surface area contributed by atoms with Crippen molar-refractivity contribution >= 4 is 17.3 Å². The number of hydrogen-bond acceptors (Lipinski definition) is 4. The van der Waals surface area contributed by atoms with Crippen LogP contribution in [0, 0.1) is 0 Å². The summed E-state index contributed by atoms with van der Waals surface area (Å²) in [7, 11) is 0. The number of anilines is 2. The molecule has 1 aromatic rings. The average Bonchev–Trinajstić information content (AvgIpc) is 2.85. The van der Waals surface area contributed by atoms with Crippen molar-refractivity contribution < 1.29 is 0 Å². The summed E-state index contributed by atoms with van der Waals surface area (Å²) in [4.78, 5) is 6.63. The maximum absolute atomic E-state index is 6.01. The molecule has 0 saturated heterocycles. The number of hydrogen-bond donors (Lipinski definition) is 2. The van der Waals surface area contributed by atoms with E-state index in [4.69, 9.17) is 5.73 Å². The molecule has 4 heteroatoms. The number of guanidine groups is 1. The summed E-state index contributed by atoms with van der Waals surface area (Å²) in [6.45, 7) is 2.79. The van der Waals surface area contributed by atoms with Crippen molar-refractivity contribution in [3.8, 4) is 0 Å². The zero-order valence-corrected chi connectivity index (χ0v) is 8.53. The van der Waals surface area contributed by atoms with Crippen molar-refractivity contribution in [1.29, 1.82) is 0 Å². The Labute approximate surface area is 88.8 Å². The number of nitrogens with two attached hydrogens (primary N) is 1. The van der Waals surface area contributed by atoms with E-state index in [9.17, 15) is 0 Å². The number of nitrogen functional groups attached to an aromatic ring is 1. The molecule has 15 heavy (non-hydrogen) atoms. The van der Waals surface area contributed by atoms with Crippen LogP contribution >= 0.6 is 0 Å². The minimum absolute atomic E-state index is 0.849. The summed E-state index contributed by atoms with van der Waals surface area (Å²) < 4.78 is 0. The van der Waals surface area contributed by atoms with E-state index in [1.165, 1.54) is 5.56 Å². The van der Waals surface area contributed by atoms with Crippen LogP contribution in [0.15, 0.2) is 23.2 Å². The molecular formula is C11H14N4. The Morgan fingerprint density at radius 1 is 1.40 bits per heavy atom. The maximum atomic E-state index is 6.01. The number of aliphatic imine (C=N–C) groups is 1. The van der Waals surface area contributed by atoms with E-state index < -0.39 is 0 Å². The van der Waals surface area contributed by atoms with Gasteiger partial charge in [-0.2, -0.15) is 0 Å². The molecule has 0 aromatic heterocycles. The number of para-hydroxylation sites is 1. The van der Waals surface area contributed by atoms with Crippen LogP contribution in [0.5, 0.6) is 0 Å². The fourth-order valence-corrected chi connectivity index (χ4v) is 2.26. The molecule has 78 valence electrons. The zero-order chi connectivity index (χ0) is 10.3. The molecule has 1 aromatic carbocycles. The number of rotatable bonds is 0. The van der Waals surface area contributed by atoms with E-state index >= 15 is 0 Å². The smallest absolute Gasteiger partial charge is 0.198 e. The summed E-state index contributed by atoms with van der Waals surface area (Å²) >= 11 is 0. The molecule has 0 atom stereocenters. The van der Waals surface area contributed by atoms with Gasteiger partial charge in [0.05, 0.1) is 17.9 Å². The summed E-state index contributed by atoms with van der Waals surface area (Å²) in [6, 6.07) is 6.11. The van der Waals surface area contributed by atoms with Crippen molar-refractivity contribution in [2.24, 2.45) is 4.99 Å². The second kappa shape index (κ2) is 3.15. The van der Waals surface area contributed by atoms with Crippen molar-refractivity contribution in [1.82, 2.24) is 5.32 Å². The topological polar surface area (TPSA) is 53.6 Å². The van der Waals surface area contributed by atoms with Gasteiger partial charge in [-0.1, -0.05) is 12.1 Å². The van der Waals surface area contributed by atoms with Crippen molar-refractivity contribution in [2.75, 3.05) is 30.3 Å². The summed E-state index contributed by atoms with van der Waals surface area (Å²) in [5.74, 6) is 0.978. The molecule has 0 radical (unpaired) electrons. The highest BCUT2D eigenvalue weighted by molar-refractivity contribution is 6.01. The highest BCUT2D eigenvalue weighted by Crippen LogP contribution is 2.33. The second-order valence-corrected chi connectivity index (χ2v) is 3.89. The molecule has 2 heterocycles. The number of benzene rings is 1. The molecule has 0 aliphatic carbocycles. The Bertz CT molecular complexity index is 425. The Hall–Kier alpha value is -1.71. The Morgan fingerprint density at radius 2 is 2.33 bits per heavy atom. The Balaban J connectivity index is 2.03. The first-order valence-electron chi connectivity index (χ1n) is 5.29. The molecule has 0 spiro atoms. The zero-order valence-electron chi connectivity index (χ0n) is 8.53. The predicted molar refractivity (Wildman–Crippen MR) is 62.2 cm³/mol. The van der Waals surface area contributed by atoms with Gasteiger partial charge < -0.3 is 16.0 Å². The SMILES string of the molecule is Nc1cccc2c1N(C1=NCCN1)CC2. The van der Waals surface area contributed by atoms with E-state index in [2.05, 4.69) is 21.3 Å². The van der Waals surface area contributed by atoms with Crippen molar-refractivity contribution in [3.63, 3.8) is 0 Å². The lowest BCUT2D eigenvalue weighted by Crippen LogP contribution is -2.37. The van der Waals surface area contributed by atoms with Gasteiger partial charge in [0.15, 0.2) is 5.96 Å². The third-order valence-electron chi connectivity index (χ3n) is 2.94. The molecule has 0 fully saturated rings. The maximum Gasteiger partial charge on any atom is 0.198 e. The molecule has 4 nitrogen and oxygen atoms in total. The Kier molecular flexibility index (Phi) is 1.80. The molecule has 0 unspecified atom stereocenters. The quantitative estimate of drug-likeness (QED) is 0.605. The first kappa shape index (κ1) is 8.59. The van der Waals surface area contributed by atoms with E-state index in [1.54, 1.807) is 0 Å². The van der Waals surface area contributed by atoms with Crippen LogP contribution < -0.4 is 16.0 Å². The van der Waals surface area contributed by atoms with E-state index in [1.807, 2.05) is 12.1 Å². The van der Waals surface area contributed by atoms with Gasteiger partial charge in [0.2, 0.25) is 0 Å². The first-order chi connectivity index (χ1) is 7.36. The first-order valence-corrected chi connectivity index (χ1v) is 5.29. The highest BCUT2D eigenvalue weighted by Gasteiger charge is 2.26. The van der Waals surface area contributed by atoms with Crippen molar-refractivity contribution in [3.05, 3.63) is 23.8 Å². The molecule has 0 saturated carbocycles. The summed E-state index contributed by atoms with van der Waals surface area (Å²) in [6.07, 6.45) is 1.06. The van der Waals surface area contributed by atoms with Crippen LogP contribution in [0.4, 0.5) is 11.4 Å². The molecule has 0 bridgehead atoms. The molecule has 0 amide bonds. The van der Waals surface area contributed by atoms with Crippen LogP contribution in [-0.4, -0.2) is 25.6 Å². The summed E-state index contributed by atoms with van der Waals surface area (Å²) in [5, 5.41) is 3.29. The summed E-state index contributed by atoms with van der Waals surface area (Å²) in [5.41, 5.74) is 9.32. The molecule has 2 aliphatic rings. The Morgan fingerprint density at radius 3 is 3.13 bits per heavy atom. The van der Waals surface area contributed by atoms with Gasteiger partial charge in [-0.05, 0) is 18.1 Å². The van der Waals surface area contributed by atoms with Gasteiger partial charge in [-0.3, -0.25) is 4.99 Å². The predicted octanol–water partition coefficient (Wildman–Crippen LogP) is 0.590. The number of nitrogens with zero attached hydrogens (tertiary/aromatic N) is 2. The van der Waals surface area contributed by atoms with Crippen molar-refractivity contribution in [2.45, 2.75) is 6.42 Å². The molecule has 3 rings (SSSR count). The van der Waals surface area contributed by atoms with Gasteiger partial charge >= 0.3 is 0 Å². The second-order valence-electron chi connectivity index (χ2n) is 3.89. The lowest BCUT2D eigenvalue weighted by Gasteiger charge is -2.20. The fourth-order valence-electron chi connectivity index (χ4n) is 2.26. The number of fused-ring (bicyclic) bond motifs is 1. The molecular weight excluding hydrogens is 188 g/mol. The van der Waals surface area contributed by atoms with Gasteiger partial charge in [-0.25, -0.2) is 0 Å². The lowest BCUT2D eigenvalue weighted by molar-refractivity contribution is 0.935. The van der Waals surface area contributed by atoms with Crippen LogP contribution in [-0.2, 0) is 6.42 Å². The molecule has 3 N–H and O–H groups in total. The third-order valence-corrected chi connectivity index (χ3v) is 2.94. The molecule has 2 aliphatic heterocycles. The largest absolute Gasteiger partial charge is 0.397 e. The van der Waals surface area contributed by atoms with E-state index in [0.29, 0.717) is 0 Å². The highest BCUT2D eigenvalue weighted by atomic mass is 15.3. The monoisotopic (exact) mass is 202 g/mol. The minimum atomic E-state index is 0.849. The van der Waals surface area contributed by atoms with E-state index in [-0.39, 0.29) is 0 Å².